The van der Waals surface area contributed by atoms with Gasteiger partial charge in [-0.15, -0.1) is 0 Å². The van der Waals surface area contributed by atoms with Crippen molar-refractivity contribution < 1.29 is 18.7 Å². The fraction of sp³-hybridized carbons (Fsp3) is 0.194. The van der Waals surface area contributed by atoms with E-state index in [9.17, 15) is 4.79 Å². The molecule has 0 aliphatic rings. The van der Waals surface area contributed by atoms with E-state index in [0.717, 1.165) is 51.1 Å². The molecule has 0 radical (unpaired) electrons. The first-order valence-electron chi connectivity index (χ1n) is 12.5. The van der Waals surface area contributed by atoms with E-state index in [0.29, 0.717) is 31.8 Å². The minimum Gasteiger partial charge on any atom is -0.487 e. The number of aromatic amines is 1. The molecule has 0 aliphatic carbocycles. The lowest BCUT2D eigenvalue weighted by atomic mass is 10.1. The van der Waals surface area contributed by atoms with Crippen LogP contribution in [0, 0.1) is 6.92 Å². The van der Waals surface area contributed by atoms with E-state index in [1.807, 2.05) is 91.9 Å². The summed E-state index contributed by atoms with van der Waals surface area (Å²) in [6, 6.07) is 27.7. The van der Waals surface area contributed by atoms with Gasteiger partial charge in [0.15, 0.2) is 0 Å². The van der Waals surface area contributed by atoms with Crippen LogP contribution in [-0.2, 0) is 29.0 Å². The maximum absolute atomic E-state index is 11.7. The molecule has 0 fully saturated rings. The fourth-order valence-electron chi connectivity index (χ4n) is 4.21. The molecule has 5 aromatic rings. The Morgan fingerprint density at radius 3 is 2.26 bits per heavy atom. The first kappa shape index (κ1) is 25.0. The fourth-order valence-corrected chi connectivity index (χ4v) is 4.21. The van der Waals surface area contributed by atoms with Gasteiger partial charge in [0.1, 0.15) is 29.6 Å². The summed E-state index contributed by atoms with van der Waals surface area (Å²) in [6.07, 6.45) is 1.45. The number of methoxy groups -OCH3 is 1. The highest BCUT2D eigenvalue weighted by molar-refractivity contribution is 5.70. The Balaban J connectivity index is 1.25. The van der Waals surface area contributed by atoms with Gasteiger partial charge in [-0.05, 0) is 36.8 Å². The first-order valence-corrected chi connectivity index (χ1v) is 12.5. The van der Waals surface area contributed by atoms with Crippen LogP contribution < -0.4 is 4.74 Å². The van der Waals surface area contributed by atoms with Gasteiger partial charge in [0.05, 0.1) is 19.2 Å². The van der Waals surface area contributed by atoms with Gasteiger partial charge >= 0.3 is 5.97 Å². The lowest BCUT2D eigenvalue weighted by Gasteiger charge is -2.06. The highest BCUT2D eigenvalue weighted by Crippen LogP contribution is 2.25. The predicted molar refractivity (Wildman–Crippen MR) is 145 cm³/mol. The number of esters is 1. The van der Waals surface area contributed by atoms with Crippen molar-refractivity contribution in [3.05, 3.63) is 113 Å². The molecule has 1 N–H and O–H groups in total. The Labute approximate surface area is 221 Å². The molecule has 7 nitrogen and oxygen atoms in total. The van der Waals surface area contributed by atoms with Gasteiger partial charge in [-0.1, -0.05) is 60.7 Å². The summed E-state index contributed by atoms with van der Waals surface area (Å²) in [6.45, 7) is 2.22. The number of hydrogen-bond acceptors (Lipinski definition) is 6. The molecule has 0 aliphatic heterocycles. The number of carbonyl (C=O) groups excluding carboxylic acids is 1. The van der Waals surface area contributed by atoms with Gasteiger partial charge in [-0.3, -0.25) is 4.79 Å². The number of imidazole rings is 1. The van der Waals surface area contributed by atoms with Gasteiger partial charge in [0.2, 0.25) is 5.89 Å². The minimum absolute atomic E-state index is 0.243. The summed E-state index contributed by atoms with van der Waals surface area (Å²) < 4.78 is 16.6. The van der Waals surface area contributed by atoms with Crippen LogP contribution in [0.5, 0.6) is 5.75 Å². The summed E-state index contributed by atoms with van der Waals surface area (Å²) in [5.74, 6) is 2.68. The molecule has 0 unspecified atom stereocenters. The summed E-state index contributed by atoms with van der Waals surface area (Å²) in [7, 11) is 1.40. The molecule has 3 aromatic carbocycles. The van der Waals surface area contributed by atoms with E-state index in [2.05, 4.69) is 9.97 Å². The van der Waals surface area contributed by atoms with Crippen LogP contribution in [0.1, 0.15) is 35.0 Å². The summed E-state index contributed by atoms with van der Waals surface area (Å²) >= 11 is 0. The molecule has 5 rings (SSSR count). The number of aromatic nitrogens is 3. The Bertz CT molecular complexity index is 1490. The first-order chi connectivity index (χ1) is 18.6. The zero-order chi connectivity index (χ0) is 26.3. The molecule has 7 heteroatoms. The van der Waals surface area contributed by atoms with Gasteiger partial charge < -0.3 is 18.9 Å². The molecule has 2 heterocycles. The molecule has 0 amide bonds. The second-order valence-corrected chi connectivity index (χ2v) is 8.95. The smallest absolute Gasteiger partial charge is 0.305 e. The summed E-state index contributed by atoms with van der Waals surface area (Å²) in [5, 5.41) is 0. The van der Waals surface area contributed by atoms with Crippen molar-refractivity contribution in [2.24, 2.45) is 0 Å². The molecular formula is C31H29N3O4. The van der Waals surface area contributed by atoms with Crippen LogP contribution in [0.3, 0.4) is 0 Å². The topological polar surface area (TPSA) is 90.2 Å². The minimum atomic E-state index is -0.243. The number of carbonyl (C=O) groups is 1. The average Bonchev–Trinajstić information content (AvgIpc) is 3.55. The van der Waals surface area contributed by atoms with E-state index in [1.165, 1.54) is 7.11 Å². The summed E-state index contributed by atoms with van der Waals surface area (Å²) in [5.41, 5.74) is 5.60. The Kier molecular flexibility index (Phi) is 7.64. The Hall–Kier alpha value is -4.65. The lowest BCUT2D eigenvalue weighted by molar-refractivity contribution is -0.140. The number of nitrogens with one attached hydrogen (secondary N) is 1. The molecule has 38 heavy (non-hydrogen) atoms. The van der Waals surface area contributed by atoms with Gasteiger partial charge in [-0.25, -0.2) is 9.97 Å². The van der Waals surface area contributed by atoms with E-state index in [4.69, 9.17) is 18.9 Å². The number of ether oxygens (including phenoxy) is 2. The Morgan fingerprint density at radius 2 is 1.58 bits per heavy atom. The van der Waals surface area contributed by atoms with Crippen molar-refractivity contribution >= 4 is 5.97 Å². The van der Waals surface area contributed by atoms with Crippen molar-refractivity contribution in [2.45, 2.75) is 32.8 Å². The van der Waals surface area contributed by atoms with E-state index in [-0.39, 0.29) is 5.97 Å². The highest BCUT2D eigenvalue weighted by Gasteiger charge is 2.15. The lowest BCUT2D eigenvalue weighted by Crippen LogP contribution is -2.03. The second-order valence-electron chi connectivity index (χ2n) is 8.95. The van der Waals surface area contributed by atoms with Crippen LogP contribution in [0.25, 0.3) is 22.7 Å². The number of oxazole rings is 1. The number of H-pyrrole nitrogens is 1. The average molecular weight is 508 g/mol. The van der Waals surface area contributed by atoms with E-state index >= 15 is 0 Å². The van der Waals surface area contributed by atoms with Crippen LogP contribution in [0.2, 0.25) is 0 Å². The molecule has 192 valence electrons. The third-order valence-corrected chi connectivity index (χ3v) is 6.27. The standard InChI is InChI=1S/C31H29N3O4/c1-21-27(33-31(38-21)24-11-7-4-8-12-24)20-37-25-15-13-22(14-16-25)19-28-32-26(17-18-29(35)36-2)30(34-28)23-9-5-3-6-10-23/h3-16H,17-20H2,1-2H3,(H,32,34). The normalized spacial score (nSPS) is 10.9. The number of benzene rings is 3. The highest BCUT2D eigenvalue weighted by atomic mass is 16.5. The third-order valence-electron chi connectivity index (χ3n) is 6.27. The van der Waals surface area contributed by atoms with Crippen molar-refractivity contribution in [3.63, 3.8) is 0 Å². The molecule has 0 atom stereocenters. The molecule has 0 bridgehead atoms. The van der Waals surface area contributed by atoms with E-state index in [1.54, 1.807) is 0 Å². The van der Waals surface area contributed by atoms with Gasteiger partial charge in [0.25, 0.3) is 0 Å². The molecule has 0 saturated heterocycles. The van der Waals surface area contributed by atoms with Crippen LogP contribution >= 0.6 is 0 Å². The maximum Gasteiger partial charge on any atom is 0.305 e. The second kappa shape index (κ2) is 11.6. The van der Waals surface area contributed by atoms with Crippen LogP contribution in [0.4, 0.5) is 0 Å². The van der Waals surface area contributed by atoms with Crippen LogP contribution in [-0.4, -0.2) is 28.0 Å². The summed E-state index contributed by atoms with van der Waals surface area (Å²) in [4.78, 5) is 24.6. The van der Waals surface area contributed by atoms with Crippen molar-refractivity contribution in [1.82, 2.24) is 15.0 Å². The van der Waals surface area contributed by atoms with Crippen molar-refractivity contribution in [2.75, 3.05) is 7.11 Å². The molecular weight excluding hydrogens is 478 g/mol. The Morgan fingerprint density at radius 1 is 0.895 bits per heavy atom. The van der Waals surface area contributed by atoms with Gasteiger partial charge in [-0.2, -0.15) is 0 Å². The zero-order valence-electron chi connectivity index (χ0n) is 21.4. The van der Waals surface area contributed by atoms with Gasteiger partial charge in [0, 0.05) is 29.7 Å². The van der Waals surface area contributed by atoms with E-state index < -0.39 is 0 Å². The number of nitrogens with zero attached hydrogens (tertiary/aromatic N) is 2. The van der Waals surface area contributed by atoms with Crippen LogP contribution in [0.15, 0.2) is 89.3 Å². The quantitative estimate of drug-likeness (QED) is 0.223. The monoisotopic (exact) mass is 507 g/mol. The predicted octanol–water partition coefficient (Wildman–Crippen LogP) is 6.32. The number of aryl methyl sites for hydroxylation is 2. The molecule has 2 aromatic heterocycles. The number of rotatable bonds is 10. The largest absolute Gasteiger partial charge is 0.487 e. The molecule has 0 spiro atoms. The third kappa shape index (κ3) is 6.00. The number of hydrogen-bond donors (Lipinski definition) is 1. The SMILES string of the molecule is COC(=O)CCc1[nH]c(Cc2ccc(OCc3nc(-c4ccccc4)oc3C)cc2)nc1-c1ccccc1. The van der Waals surface area contributed by atoms with Crippen molar-refractivity contribution in [3.8, 4) is 28.5 Å². The molecule has 0 saturated carbocycles. The maximum atomic E-state index is 11.7. The zero-order valence-corrected chi connectivity index (χ0v) is 21.4. The van der Waals surface area contributed by atoms with Crippen molar-refractivity contribution in [1.29, 1.82) is 0 Å².